The van der Waals surface area contributed by atoms with E-state index in [1.54, 1.807) is 0 Å². The highest BCUT2D eigenvalue weighted by molar-refractivity contribution is 5.15. The molecule has 0 heterocycles. The van der Waals surface area contributed by atoms with E-state index < -0.39 is 0 Å². The first-order chi connectivity index (χ1) is 8.41. The third-order valence-corrected chi connectivity index (χ3v) is 1.87. The normalized spacial score (nSPS) is 13.0. The summed E-state index contributed by atoms with van der Waals surface area (Å²) in [5.74, 6) is 0. The number of allylic oxidation sites excluding steroid dienone is 9. The second kappa shape index (κ2) is 14.4. The van der Waals surface area contributed by atoms with Gasteiger partial charge in [-0.05, 0) is 13.3 Å². The van der Waals surface area contributed by atoms with Gasteiger partial charge in [0.15, 0.2) is 0 Å². The predicted octanol–water partition coefficient (Wildman–Crippen LogP) is 3.95. The molecule has 0 aromatic heterocycles. The summed E-state index contributed by atoms with van der Waals surface area (Å²) < 4.78 is 0. The highest BCUT2D eigenvalue weighted by Gasteiger charge is 1.75. The molecule has 0 saturated heterocycles. The molecule has 0 aromatic rings. The minimum absolute atomic E-state index is 0.863. The van der Waals surface area contributed by atoms with Crippen molar-refractivity contribution in [1.82, 2.24) is 5.32 Å². The van der Waals surface area contributed by atoms with E-state index in [1.807, 2.05) is 49.5 Å². The van der Waals surface area contributed by atoms with Crippen LogP contribution in [0.15, 0.2) is 73.4 Å². The van der Waals surface area contributed by atoms with Crippen molar-refractivity contribution in [2.45, 2.75) is 13.3 Å². The lowest BCUT2D eigenvalue weighted by molar-refractivity contribution is 0.842. The number of nitrogens with one attached hydrogen (secondary N) is 1. The number of hydrogen-bond acceptors (Lipinski definition) is 1. The Kier molecular flexibility index (Phi) is 13.0. The molecule has 0 aliphatic rings. The first kappa shape index (κ1) is 15.4. The predicted molar refractivity (Wildman–Crippen MR) is 79.1 cm³/mol. The summed E-state index contributed by atoms with van der Waals surface area (Å²) in [5.41, 5.74) is 0. The van der Waals surface area contributed by atoms with Gasteiger partial charge in [-0.25, -0.2) is 0 Å². The Balaban J connectivity index is 3.50. The van der Waals surface area contributed by atoms with Crippen molar-refractivity contribution >= 4 is 0 Å². The van der Waals surface area contributed by atoms with Crippen LogP contribution in [0.5, 0.6) is 0 Å². The molecule has 0 saturated carbocycles. The Bertz CT molecular complexity index is 303. The monoisotopic (exact) mass is 229 g/mol. The first-order valence-corrected chi connectivity index (χ1v) is 5.99. The van der Waals surface area contributed by atoms with Crippen LogP contribution < -0.4 is 5.32 Å². The quantitative estimate of drug-likeness (QED) is 0.358. The van der Waals surface area contributed by atoms with Gasteiger partial charge in [0.25, 0.3) is 0 Å². The van der Waals surface area contributed by atoms with Crippen LogP contribution in [0.4, 0.5) is 0 Å². The average molecular weight is 229 g/mol. The summed E-state index contributed by atoms with van der Waals surface area (Å²) in [6, 6.07) is 0. The molecule has 0 spiro atoms. The van der Waals surface area contributed by atoms with Gasteiger partial charge in [-0.1, -0.05) is 66.8 Å². The maximum Gasteiger partial charge on any atom is 0.0137 e. The van der Waals surface area contributed by atoms with Crippen LogP contribution in [0.2, 0.25) is 0 Å². The fourth-order valence-electron chi connectivity index (χ4n) is 1.05. The Labute approximate surface area is 106 Å². The molecule has 0 aromatic carbocycles. The van der Waals surface area contributed by atoms with E-state index in [2.05, 4.69) is 36.2 Å². The fraction of sp³-hybridized carbons (Fsp3) is 0.250. The highest BCUT2D eigenvalue weighted by Crippen LogP contribution is 1.87. The molecule has 0 fully saturated rings. The maximum atomic E-state index is 3.64. The van der Waals surface area contributed by atoms with Gasteiger partial charge in [0, 0.05) is 13.1 Å². The number of hydrogen-bond donors (Lipinski definition) is 1. The van der Waals surface area contributed by atoms with E-state index in [0.29, 0.717) is 0 Å². The van der Waals surface area contributed by atoms with Gasteiger partial charge in [-0.15, -0.1) is 6.58 Å². The van der Waals surface area contributed by atoms with Crippen LogP contribution in [0.3, 0.4) is 0 Å². The third kappa shape index (κ3) is 14.4. The first-order valence-electron chi connectivity index (χ1n) is 5.99. The highest BCUT2D eigenvalue weighted by atomic mass is 14.8. The molecule has 17 heavy (non-hydrogen) atoms. The van der Waals surface area contributed by atoms with Crippen molar-refractivity contribution in [3.63, 3.8) is 0 Å². The van der Waals surface area contributed by atoms with Crippen LogP contribution in [-0.2, 0) is 0 Å². The zero-order chi connectivity index (χ0) is 12.6. The SMILES string of the molecule is C=CCNC/C=C\C/C=C/C=C/C=C/C=C/C. The lowest BCUT2D eigenvalue weighted by Gasteiger charge is -1.92. The zero-order valence-electron chi connectivity index (χ0n) is 10.7. The van der Waals surface area contributed by atoms with Crippen LogP contribution in [0.1, 0.15) is 13.3 Å². The smallest absolute Gasteiger partial charge is 0.0137 e. The second-order valence-electron chi connectivity index (χ2n) is 3.38. The zero-order valence-corrected chi connectivity index (χ0v) is 10.7. The van der Waals surface area contributed by atoms with Crippen molar-refractivity contribution in [2.75, 3.05) is 13.1 Å². The van der Waals surface area contributed by atoms with Crippen LogP contribution in [0.25, 0.3) is 0 Å². The van der Waals surface area contributed by atoms with Crippen molar-refractivity contribution in [2.24, 2.45) is 0 Å². The van der Waals surface area contributed by atoms with Crippen LogP contribution in [0, 0.1) is 0 Å². The molecule has 0 radical (unpaired) electrons. The molecule has 0 amide bonds. The van der Waals surface area contributed by atoms with Crippen molar-refractivity contribution in [3.8, 4) is 0 Å². The molecule has 0 aliphatic heterocycles. The molecular formula is C16H23N. The van der Waals surface area contributed by atoms with Crippen molar-refractivity contribution in [3.05, 3.63) is 73.4 Å². The van der Waals surface area contributed by atoms with E-state index in [-0.39, 0.29) is 0 Å². The average Bonchev–Trinajstić information content (AvgIpc) is 2.35. The van der Waals surface area contributed by atoms with Crippen molar-refractivity contribution < 1.29 is 0 Å². The van der Waals surface area contributed by atoms with E-state index in [9.17, 15) is 0 Å². The summed E-state index contributed by atoms with van der Waals surface area (Å²) in [6.45, 7) is 7.41. The Morgan fingerprint density at radius 1 is 0.824 bits per heavy atom. The van der Waals surface area contributed by atoms with Crippen molar-refractivity contribution in [1.29, 1.82) is 0 Å². The Morgan fingerprint density at radius 3 is 2.24 bits per heavy atom. The molecule has 1 heteroatoms. The van der Waals surface area contributed by atoms with Gasteiger partial charge in [-0.3, -0.25) is 0 Å². The Morgan fingerprint density at radius 2 is 1.53 bits per heavy atom. The molecular weight excluding hydrogens is 206 g/mol. The van der Waals surface area contributed by atoms with Crippen LogP contribution >= 0.6 is 0 Å². The Hall–Kier alpha value is -1.60. The summed E-state index contributed by atoms with van der Waals surface area (Å²) >= 11 is 0. The largest absolute Gasteiger partial charge is 0.310 e. The van der Waals surface area contributed by atoms with Gasteiger partial charge in [-0.2, -0.15) is 0 Å². The van der Waals surface area contributed by atoms with E-state index in [0.717, 1.165) is 19.5 Å². The molecule has 0 bridgehead atoms. The standard InChI is InChI=1S/C16H23N/c1-3-5-6-7-8-9-10-11-12-13-14-16-17-15-4-2/h3-11,13-14,17H,2,12,15-16H2,1H3/b5-3+,7-6+,9-8+,11-10+,14-13-. The minimum atomic E-state index is 0.863. The van der Waals surface area contributed by atoms with Gasteiger partial charge < -0.3 is 5.32 Å². The molecule has 0 rings (SSSR count). The van der Waals surface area contributed by atoms with Crippen LogP contribution in [-0.4, -0.2) is 13.1 Å². The fourth-order valence-corrected chi connectivity index (χ4v) is 1.05. The number of rotatable bonds is 9. The van der Waals surface area contributed by atoms with Gasteiger partial charge in [0.2, 0.25) is 0 Å². The lowest BCUT2D eigenvalue weighted by Crippen LogP contribution is -2.12. The molecule has 0 unspecified atom stereocenters. The molecule has 92 valence electrons. The second-order valence-corrected chi connectivity index (χ2v) is 3.38. The molecule has 0 atom stereocenters. The van der Waals surface area contributed by atoms with Gasteiger partial charge in [0.1, 0.15) is 0 Å². The van der Waals surface area contributed by atoms with E-state index in [4.69, 9.17) is 0 Å². The minimum Gasteiger partial charge on any atom is -0.310 e. The third-order valence-electron chi connectivity index (χ3n) is 1.87. The lowest BCUT2D eigenvalue weighted by atomic mass is 10.3. The van der Waals surface area contributed by atoms with E-state index >= 15 is 0 Å². The summed E-state index contributed by atoms with van der Waals surface area (Å²) in [7, 11) is 0. The molecule has 1 nitrogen and oxygen atoms in total. The topological polar surface area (TPSA) is 12.0 Å². The van der Waals surface area contributed by atoms with E-state index in [1.165, 1.54) is 0 Å². The van der Waals surface area contributed by atoms with Gasteiger partial charge >= 0.3 is 0 Å². The van der Waals surface area contributed by atoms with Gasteiger partial charge in [0.05, 0.1) is 0 Å². The summed E-state index contributed by atoms with van der Waals surface area (Å²) in [4.78, 5) is 0. The molecule has 1 N–H and O–H groups in total. The summed E-state index contributed by atoms with van der Waals surface area (Å²) in [6.07, 6.45) is 23.4. The maximum absolute atomic E-state index is 3.64. The molecule has 0 aliphatic carbocycles. The summed E-state index contributed by atoms with van der Waals surface area (Å²) in [5, 5.41) is 3.21.